The number of nitrogens with two attached hydrogens (primary N) is 1. The Morgan fingerprint density at radius 1 is 1.44 bits per heavy atom. The lowest BCUT2D eigenvalue weighted by Gasteiger charge is -2.19. The van der Waals surface area contributed by atoms with Gasteiger partial charge in [0.15, 0.2) is 0 Å². The van der Waals surface area contributed by atoms with Crippen LogP contribution < -0.4 is 11.1 Å². The fourth-order valence-corrected chi connectivity index (χ4v) is 2.05. The number of carbonyl (C=O) groups excluding carboxylic acids is 2. The van der Waals surface area contributed by atoms with E-state index < -0.39 is 18.1 Å². The van der Waals surface area contributed by atoms with Gasteiger partial charge in [0.2, 0.25) is 11.8 Å². The number of nitrogens with one attached hydrogen (secondary N) is 1. The number of aliphatic hydroxyl groups excluding tert-OH is 2. The van der Waals surface area contributed by atoms with E-state index in [0.717, 1.165) is 5.56 Å². The van der Waals surface area contributed by atoms with Gasteiger partial charge in [-0.3, -0.25) is 9.59 Å². The molecule has 0 saturated heterocycles. The second-order valence-electron chi connectivity index (χ2n) is 4.29. The van der Waals surface area contributed by atoms with Crippen molar-refractivity contribution in [3.05, 3.63) is 29.3 Å². The Bertz CT molecular complexity index is 501. The van der Waals surface area contributed by atoms with E-state index >= 15 is 0 Å². The molecule has 1 aromatic carbocycles. The molecular formula is C12H14N2O4. The first-order valence-corrected chi connectivity index (χ1v) is 5.55. The summed E-state index contributed by atoms with van der Waals surface area (Å²) in [5.41, 5.74) is 6.64. The molecule has 5 N–H and O–H groups in total. The van der Waals surface area contributed by atoms with Crippen LogP contribution in [-0.4, -0.2) is 28.1 Å². The quantitative estimate of drug-likeness (QED) is 0.574. The molecule has 1 aliphatic rings. The van der Waals surface area contributed by atoms with E-state index in [1.807, 2.05) is 0 Å². The number of carbonyl (C=O) groups is 2. The molecule has 0 aromatic heterocycles. The van der Waals surface area contributed by atoms with Crippen molar-refractivity contribution < 1.29 is 19.8 Å². The molecule has 0 radical (unpaired) electrons. The van der Waals surface area contributed by atoms with Gasteiger partial charge < -0.3 is 21.3 Å². The van der Waals surface area contributed by atoms with Crippen molar-refractivity contribution >= 4 is 17.5 Å². The average molecular weight is 250 g/mol. The summed E-state index contributed by atoms with van der Waals surface area (Å²) in [6.45, 7) is 0. The van der Waals surface area contributed by atoms with Gasteiger partial charge in [-0.15, -0.1) is 0 Å². The summed E-state index contributed by atoms with van der Waals surface area (Å²) in [5, 5.41) is 22.3. The largest absolute Gasteiger partial charge is 0.390 e. The molecule has 2 atom stereocenters. The molecule has 2 unspecified atom stereocenters. The summed E-state index contributed by atoms with van der Waals surface area (Å²) in [5.74, 6) is -0.854. The molecule has 0 fully saturated rings. The van der Waals surface area contributed by atoms with Gasteiger partial charge in [-0.2, -0.15) is 0 Å². The molecule has 6 nitrogen and oxygen atoms in total. The van der Waals surface area contributed by atoms with Crippen molar-refractivity contribution in [2.45, 2.75) is 25.0 Å². The van der Waals surface area contributed by atoms with E-state index in [1.165, 1.54) is 0 Å². The van der Waals surface area contributed by atoms with Gasteiger partial charge >= 0.3 is 0 Å². The van der Waals surface area contributed by atoms with Crippen molar-refractivity contribution in [1.82, 2.24) is 0 Å². The maximum atomic E-state index is 11.3. The Balaban J connectivity index is 2.27. The van der Waals surface area contributed by atoms with Crippen LogP contribution in [0.25, 0.3) is 0 Å². The minimum absolute atomic E-state index is 0.158. The number of aliphatic hydroxyl groups is 2. The zero-order valence-electron chi connectivity index (χ0n) is 9.59. The summed E-state index contributed by atoms with van der Waals surface area (Å²) in [4.78, 5) is 22.0. The Labute approximate surface area is 103 Å². The molecular weight excluding hydrogens is 236 g/mol. The predicted molar refractivity (Wildman–Crippen MR) is 63.6 cm³/mol. The Hall–Kier alpha value is -1.92. The number of benzene rings is 1. The SMILES string of the molecule is NC(=O)CC(O)C(O)c1cccc2c1NC(=O)C2. The maximum absolute atomic E-state index is 11.3. The summed E-state index contributed by atoms with van der Waals surface area (Å²) < 4.78 is 0. The number of para-hydroxylation sites is 1. The molecule has 0 bridgehead atoms. The summed E-state index contributed by atoms with van der Waals surface area (Å²) in [7, 11) is 0. The minimum Gasteiger partial charge on any atom is -0.390 e. The standard InChI is InChI=1S/C12H14N2O4/c13-9(16)5-8(15)12(18)7-3-1-2-6-4-10(17)14-11(6)7/h1-3,8,12,15,18H,4-5H2,(H2,13,16)(H,14,17). The second-order valence-corrected chi connectivity index (χ2v) is 4.29. The topological polar surface area (TPSA) is 113 Å². The predicted octanol–water partition coefficient (Wildman–Crippen LogP) is -0.549. The lowest BCUT2D eigenvalue weighted by molar-refractivity contribution is -0.121. The molecule has 1 aliphatic heterocycles. The van der Waals surface area contributed by atoms with E-state index in [1.54, 1.807) is 18.2 Å². The van der Waals surface area contributed by atoms with E-state index in [2.05, 4.69) is 5.32 Å². The maximum Gasteiger partial charge on any atom is 0.228 e. The third kappa shape index (κ3) is 2.34. The van der Waals surface area contributed by atoms with Crippen molar-refractivity contribution in [3.8, 4) is 0 Å². The highest BCUT2D eigenvalue weighted by atomic mass is 16.3. The van der Waals surface area contributed by atoms with Crippen LogP contribution in [0.15, 0.2) is 18.2 Å². The first-order chi connectivity index (χ1) is 8.49. The Kier molecular flexibility index (Phi) is 3.31. The molecule has 0 saturated carbocycles. The first-order valence-electron chi connectivity index (χ1n) is 5.55. The Morgan fingerprint density at radius 3 is 2.83 bits per heavy atom. The highest BCUT2D eigenvalue weighted by Crippen LogP contribution is 2.33. The van der Waals surface area contributed by atoms with Gasteiger partial charge in [-0.25, -0.2) is 0 Å². The van der Waals surface area contributed by atoms with Crippen LogP contribution in [0, 0.1) is 0 Å². The first kappa shape index (κ1) is 12.5. The molecule has 18 heavy (non-hydrogen) atoms. The molecule has 2 amide bonds. The van der Waals surface area contributed by atoms with Crippen molar-refractivity contribution in [3.63, 3.8) is 0 Å². The zero-order valence-corrected chi connectivity index (χ0v) is 9.59. The fourth-order valence-electron chi connectivity index (χ4n) is 2.05. The van der Waals surface area contributed by atoms with Crippen molar-refractivity contribution in [1.29, 1.82) is 0 Å². The molecule has 1 aromatic rings. The zero-order chi connectivity index (χ0) is 13.3. The molecule has 0 aliphatic carbocycles. The van der Waals surface area contributed by atoms with Crippen LogP contribution in [-0.2, 0) is 16.0 Å². The van der Waals surface area contributed by atoms with Crippen LogP contribution in [0.5, 0.6) is 0 Å². The fraction of sp³-hybridized carbons (Fsp3) is 0.333. The second kappa shape index (κ2) is 4.75. The van der Waals surface area contributed by atoms with Gasteiger partial charge in [0, 0.05) is 5.56 Å². The highest BCUT2D eigenvalue weighted by Gasteiger charge is 2.27. The molecule has 2 rings (SSSR count). The van der Waals surface area contributed by atoms with Gasteiger partial charge in [0.1, 0.15) is 6.10 Å². The number of rotatable bonds is 4. The average Bonchev–Trinajstić information content (AvgIpc) is 2.66. The normalized spacial score (nSPS) is 16.9. The van der Waals surface area contributed by atoms with E-state index in [9.17, 15) is 19.8 Å². The van der Waals surface area contributed by atoms with E-state index in [0.29, 0.717) is 11.3 Å². The van der Waals surface area contributed by atoms with Crippen LogP contribution in [0.4, 0.5) is 5.69 Å². The summed E-state index contributed by atoms with van der Waals surface area (Å²) in [6, 6.07) is 5.05. The lowest BCUT2D eigenvalue weighted by atomic mass is 9.98. The van der Waals surface area contributed by atoms with E-state index in [-0.39, 0.29) is 18.7 Å². The molecule has 0 spiro atoms. The van der Waals surface area contributed by atoms with Crippen LogP contribution >= 0.6 is 0 Å². The third-order valence-corrected chi connectivity index (χ3v) is 2.89. The summed E-state index contributed by atoms with van der Waals surface area (Å²) in [6.07, 6.45) is -2.63. The highest BCUT2D eigenvalue weighted by molar-refractivity contribution is 6.00. The minimum atomic E-state index is -1.29. The lowest BCUT2D eigenvalue weighted by Crippen LogP contribution is -2.26. The van der Waals surface area contributed by atoms with Gasteiger partial charge in [-0.1, -0.05) is 18.2 Å². The Morgan fingerprint density at radius 2 is 2.17 bits per heavy atom. The number of hydrogen-bond donors (Lipinski definition) is 4. The number of anilines is 1. The third-order valence-electron chi connectivity index (χ3n) is 2.89. The van der Waals surface area contributed by atoms with Gasteiger partial charge in [0.05, 0.1) is 24.6 Å². The van der Waals surface area contributed by atoms with Crippen LogP contribution in [0.3, 0.4) is 0 Å². The van der Waals surface area contributed by atoms with Crippen molar-refractivity contribution in [2.24, 2.45) is 5.73 Å². The molecule has 96 valence electrons. The van der Waals surface area contributed by atoms with Crippen LogP contribution in [0.2, 0.25) is 0 Å². The number of primary amides is 1. The smallest absolute Gasteiger partial charge is 0.228 e. The van der Waals surface area contributed by atoms with Gasteiger partial charge in [0.25, 0.3) is 0 Å². The van der Waals surface area contributed by atoms with Gasteiger partial charge in [-0.05, 0) is 5.56 Å². The van der Waals surface area contributed by atoms with Crippen molar-refractivity contribution in [2.75, 3.05) is 5.32 Å². The number of hydrogen-bond acceptors (Lipinski definition) is 4. The van der Waals surface area contributed by atoms with Crippen LogP contribution in [0.1, 0.15) is 23.7 Å². The number of amides is 2. The summed E-state index contributed by atoms with van der Waals surface area (Å²) >= 11 is 0. The van der Waals surface area contributed by atoms with E-state index in [4.69, 9.17) is 5.73 Å². The molecule has 6 heteroatoms. The monoisotopic (exact) mass is 250 g/mol. The number of fused-ring (bicyclic) bond motifs is 1. The molecule has 1 heterocycles.